The molecule has 36 heavy (non-hydrogen) atoms. The number of hydrogen-bond acceptors (Lipinski definition) is 4. The molecule has 2 aromatic rings. The second-order valence-corrected chi connectivity index (χ2v) is 10.5. The van der Waals surface area contributed by atoms with Gasteiger partial charge in [-0.2, -0.15) is 0 Å². The van der Waals surface area contributed by atoms with Crippen LogP contribution < -0.4 is 10.6 Å². The molecule has 2 atom stereocenters. The Balaban J connectivity index is 2.31. The first-order chi connectivity index (χ1) is 16.9. The molecule has 0 spiro atoms. The Morgan fingerprint density at radius 2 is 1.56 bits per heavy atom. The molecular formula is C29H41N3O4. The molecule has 0 aromatic heterocycles. The van der Waals surface area contributed by atoms with Gasteiger partial charge in [-0.25, -0.2) is 4.79 Å². The molecule has 0 aliphatic carbocycles. The number of hydrogen-bond donors (Lipinski definition) is 2. The fourth-order valence-corrected chi connectivity index (χ4v) is 3.88. The Bertz CT molecular complexity index is 997. The van der Waals surface area contributed by atoms with Gasteiger partial charge in [0.15, 0.2) is 0 Å². The van der Waals surface area contributed by atoms with Gasteiger partial charge in [0, 0.05) is 13.6 Å². The van der Waals surface area contributed by atoms with E-state index < -0.39 is 23.8 Å². The lowest BCUT2D eigenvalue weighted by Crippen LogP contribution is -2.52. The van der Waals surface area contributed by atoms with Crippen molar-refractivity contribution in [3.63, 3.8) is 0 Å². The average molecular weight is 496 g/mol. The van der Waals surface area contributed by atoms with E-state index in [2.05, 4.69) is 17.6 Å². The quantitative estimate of drug-likeness (QED) is 0.485. The standard InChI is InChI=1S/C29H41N3O4/c1-8-21-14-16-23(17-15-21)25(26(33)30-19-22-12-10-9-11-13-22)32(7)27(34)24(18-20(2)3)31-28(35)36-29(4,5)6/h9-17,20,24-25H,8,18-19H2,1-7H3,(H,30,33)(H,31,35). The first-order valence-corrected chi connectivity index (χ1v) is 12.6. The number of nitrogens with one attached hydrogen (secondary N) is 2. The minimum Gasteiger partial charge on any atom is -0.444 e. The number of benzene rings is 2. The predicted molar refractivity (Wildman–Crippen MR) is 142 cm³/mol. The highest BCUT2D eigenvalue weighted by molar-refractivity contribution is 5.92. The maximum atomic E-state index is 13.7. The number of amides is 3. The smallest absolute Gasteiger partial charge is 0.408 e. The van der Waals surface area contributed by atoms with E-state index in [1.165, 1.54) is 4.90 Å². The summed E-state index contributed by atoms with van der Waals surface area (Å²) in [5, 5.41) is 5.69. The second-order valence-electron chi connectivity index (χ2n) is 10.5. The molecule has 0 fully saturated rings. The number of carbonyl (C=O) groups excluding carboxylic acids is 3. The zero-order valence-corrected chi connectivity index (χ0v) is 22.6. The lowest BCUT2D eigenvalue weighted by atomic mass is 9.99. The lowest BCUT2D eigenvalue weighted by Gasteiger charge is -2.32. The van der Waals surface area contributed by atoms with Crippen LogP contribution in [0.25, 0.3) is 0 Å². The SMILES string of the molecule is CCc1ccc(C(C(=O)NCc2ccccc2)N(C)C(=O)C(CC(C)C)NC(=O)OC(C)(C)C)cc1. The molecule has 0 saturated heterocycles. The summed E-state index contributed by atoms with van der Waals surface area (Å²) < 4.78 is 5.39. The monoisotopic (exact) mass is 495 g/mol. The molecule has 2 N–H and O–H groups in total. The summed E-state index contributed by atoms with van der Waals surface area (Å²) in [6, 6.07) is 15.6. The van der Waals surface area contributed by atoms with Crippen LogP contribution in [0.4, 0.5) is 4.79 Å². The number of likely N-dealkylation sites (N-methyl/N-ethyl adjacent to an activating group) is 1. The summed E-state index contributed by atoms with van der Waals surface area (Å²) in [7, 11) is 1.60. The fourth-order valence-electron chi connectivity index (χ4n) is 3.88. The van der Waals surface area contributed by atoms with Crippen molar-refractivity contribution in [2.75, 3.05) is 7.05 Å². The molecule has 196 valence electrons. The Morgan fingerprint density at radius 1 is 0.944 bits per heavy atom. The van der Waals surface area contributed by atoms with E-state index in [0.717, 1.165) is 17.5 Å². The Morgan fingerprint density at radius 3 is 2.08 bits per heavy atom. The van der Waals surface area contributed by atoms with Gasteiger partial charge in [0.25, 0.3) is 0 Å². The number of nitrogens with zero attached hydrogens (tertiary/aromatic N) is 1. The third-order valence-electron chi connectivity index (χ3n) is 5.69. The Labute approximate surface area is 215 Å². The fraction of sp³-hybridized carbons (Fsp3) is 0.483. The van der Waals surface area contributed by atoms with Crippen molar-refractivity contribution in [3.05, 3.63) is 71.3 Å². The second kappa shape index (κ2) is 13.1. The van der Waals surface area contributed by atoms with Gasteiger partial charge in [-0.15, -0.1) is 0 Å². The van der Waals surface area contributed by atoms with Crippen molar-refractivity contribution >= 4 is 17.9 Å². The molecular weight excluding hydrogens is 454 g/mol. The summed E-state index contributed by atoms with van der Waals surface area (Å²) in [6.07, 6.45) is 0.624. The van der Waals surface area contributed by atoms with Gasteiger partial charge >= 0.3 is 6.09 Å². The van der Waals surface area contributed by atoms with Crippen molar-refractivity contribution < 1.29 is 19.1 Å². The minimum atomic E-state index is -0.859. The largest absolute Gasteiger partial charge is 0.444 e. The zero-order chi connectivity index (χ0) is 26.9. The van der Waals surface area contributed by atoms with Crippen molar-refractivity contribution in [1.82, 2.24) is 15.5 Å². The summed E-state index contributed by atoms with van der Waals surface area (Å²) in [5.74, 6) is -0.509. The highest BCUT2D eigenvalue weighted by Crippen LogP contribution is 2.23. The molecule has 2 unspecified atom stereocenters. The van der Waals surface area contributed by atoms with Gasteiger partial charge in [-0.05, 0) is 56.2 Å². The van der Waals surface area contributed by atoms with Crippen LogP contribution >= 0.6 is 0 Å². The van der Waals surface area contributed by atoms with Crippen LogP contribution in [-0.4, -0.2) is 41.5 Å². The van der Waals surface area contributed by atoms with E-state index in [4.69, 9.17) is 4.74 Å². The van der Waals surface area contributed by atoms with Crippen LogP contribution in [0.1, 0.15) is 70.7 Å². The third kappa shape index (κ3) is 9.02. The van der Waals surface area contributed by atoms with Crippen molar-refractivity contribution in [2.45, 2.75) is 78.6 Å². The van der Waals surface area contributed by atoms with Gasteiger partial charge in [0.2, 0.25) is 11.8 Å². The highest BCUT2D eigenvalue weighted by atomic mass is 16.6. The number of alkyl carbamates (subject to hydrolysis) is 1. The van der Waals surface area contributed by atoms with Gasteiger partial charge in [-0.1, -0.05) is 75.4 Å². The van der Waals surface area contributed by atoms with Gasteiger partial charge in [0.1, 0.15) is 17.7 Å². The molecule has 0 aliphatic heterocycles. The van der Waals surface area contributed by atoms with E-state index in [1.807, 2.05) is 68.4 Å². The average Bonchev–Trinajstić information content (AvgIpc) is 2.81. The number of ether oxygens (including phenoxy) is 1. The molecule has 0 radical (unpaired) electrons. The van der Waals surface area contributed by atoms with Crippen LogP contribution in [0, 0.1) is 5.92 Å². The van der Waals surface area contributed by atoms with E-state index in [9.17, 15) is 14.4 Å². The summed E-state index contributed by atoms with van der Waals surface area (Å²) in [6.45, 7) is 11.7. The molecule has 0 heterocycles. The Kier molecular flexibility index (Phi) is 10.5. The molecule has 0 saturated carbocycles. The molecule has 3 amide bonds. The van der Waals surface area contributed by atoms with E-state index >= 15 is 0 Å². The third-order valence-corrected chi connectivity index (χ3v) is 5.69. The van der Waals surface area contributed by atoms with Gasteiger partial charge in [0.05, 0.1) is 0 Å². The van der Waals surface area contributed by atoms with Crippen molar-refractivity contribution in [3.8, 4) is 0 Å². The van der Waals surface area contributed by atoms with E-state index in [1.54, 1.807) is 27.8 Å². The molecule has 7 nitrogen and oxygen atoms in total. The topological polar surface area (TPSA) is 87.7 Å². The number of carbonyl (C=O) groups is 3. The normalized spacial score (nSPS) is 13.0. The van der Waals surface area contributed by atoms with E-state index in [0.29, 0.717) is 18.5 Å². The van der Waals surface area contributed by atoms with Crippen LogP contribution in [0.15, 0.2) is 54.6 Å². The van der Waals surface area contributed by atoms with Crippen LogP contribution in [-0.2, 0) is 27.3 Å². The molecule has 2 aromatic carbocycles. The maximum Gasteiger partial charge on any atom is 0.408 e. The maximum absolute atomic E-state index is 13.7. The van der Waals surface area contributed by atoms with Crippen LogP contribution in [0.3, 0.4) is 0 Å². The summed E-state index contributed by atoms with van der Waals surface area (Å²) >= 11 is 0. The minimum absolute atomic E-state index is 0.136. The zero-order valence-electron chi connectivity index (χ0n) is 22.6. The summed E-state index contributed by atoms with van der Waals surface area (Å²) in [4.78, 5) is 41.0. The first kappa shape index (κ1) is 28.9. The lowest BCUT2D eigenvalue weighted by molar-refractivity contribution is -0.141. The van der Waals surface area contributed by atoms with Crippen LogP contribution in [0.5, 0.6) is 0 Å². The molecule has 0 aliphatic rings. The van der Waals surface area contributed by atoms with Crippen LogP contribution in [0.2, 0.25) is 0 Å². The molecule has 7 heteroatoms. The van der Waals surface area contributed by atoms with Crippen molar-refractivity contribution in [2.24, 2.45) is 5.92 Å². The predicted octanol–water partition coefficient (Wildman–Crippen LogP) is 5.00. The molecule has 2 rings (SSSR count). The Hall–Kier alpha value is -3.35. The van der Waals surface area contributed by atoms with Crippen molar-refractivity contribution in [1.29, 1.82) is 0 Å². The first-order valence-electron chi connectivity index (χ1n) is 12.6. The van der Waals surface area contributed by atoms with E-state index in [-0.39, 0.29) is 17.7 Å². The summed E-state index contributed by atoms with van der Waals surface area (Å²) in [5.41, 5.74) is 2.11. The molecule has 0 bridgehead atoms. The van der Waals surface area contributed by atoms with Gasteiger partial charge in [-0.3, -0.25) is 9.59 Å². The number of rotatable bonds is 10. The number of aryl methyl sites for hydroxylation is 1. The van der Waals surface area contributed by atoms with Gasteiger partial charge < -0.3 is 20.3 Å². The highest BCUT2D eigenvalue weighted by Gasteiger charge is 2.34.